The summed E-state index contributed by atoms with van der Waals surface area (Å²) in [6, 6.07) is 20.9. The van der Waals surface area contributed by atoms with Crippen molar-refractivity contribution in [2.45, 2.75) is 5.60 Å². The lowest BCUT2D eigenvalue weighted by Gasteiger charge is -2.36. The third-order valence-corrected chi connectivity index (χ3v) is 5.64. The van der Waals surface area contributed by atoms with Gasteiger partial charge in [-0.3, -0.25) is 0 Å². The summed E-state index contributed by atoms with van der Waals surface area (Å²) < 4.78 is 12.2. The van der Waals surface area contributed by atoms with Crippen molar-refractivity contribution in [1.29, 1.82) is 0 Å². The van der Waals surface area contributed by atoms with Crippen LogP contribution in [0, 0.1) is 0 Å². The highest BCUT2D eigenvalue weighted by atomic mass is 16.6. The van der Waals surface area contributed by atoms with E-state index in [0.29, 0.717) is 28.2 Å². The van der Waals surface area contributed by atoms with Crippen molar-refractivity contribution in [2.75, 3.05) is 0 Å². The van der Waals surface area contributed by atoms with Gasteiger partial charge in [0, 0.05) is 22.8 Å². The summed E-state index contributed by atoms with van der Waals surface area (Å²) in [6.07, 6.45) is 0. The number of hydrogen-bond acceptors (Lipinski definition) is 5. The van der Waals surface area contributed by atoms with Gasteiger partial charge in [-0.05, 0) is 53.2 Å². The number of fused-ring (bicyclic) bond motifs is 7. The van der Waals surface area contributed by atoms with E-state index in [1.54, 1.807) is 42.5 Å². The van der Waals surface area contributed by atoms with E-state index in [1.165, 1.54) is 6.07 Å². The van der Waals surface area contributed by atoms with Gasteiger partial charge in [0.2, 0.25) is 0 Å². The molecule has 0 aromatic heterocycles. The van der Waals surface area contributed by atoms with Crippen LogP contribution in [0.25, 0.3) is 10.8 Å². The summed E-state index contributed by atoms with van der Waals surface area (Å²) >= 11 is 0. The molecule has 0 amide bonds. The SMILES string of the molecule is O=C1OC2(c3ccc(O)cc3Oc3cc4ccc(O)cc4cc32)c2ccccc21. The normalized spacial score (nSPS) is 18.7. The lowest BCUT2D eigenvalue weighted by molar-refractivity contribution is 0.0225. The highest BCUT2D eigenvalue weighted by Gasteiger charge is 2.53. The van der Waals surface area contributed by atoms with Gasteiger partial charge in [0.15, 0.2) is 5.60 Å². The van der Waals surface area contributed by atoms with Crippen LogP contribution < -0.4 is 4.74 Å². The highest BCUT2D eigenvalue weighted by Crippen LogP contribution is 2.57. The average Bonchev–Trinajstić information content (AvgIpc) is 3.00. The Morgan fingerprint density at radius 2 is 1.45 bits per heavy atom. The molecule has 4 aromatic rings. The molecule has 140 valence electrons. The fraction of sp³-hybridized carbons (Fsp3) is 0.0417. The van der Waals surface area contributed by atoms with Crippen LogP contribution in [-0.4, -0.2) is 16.2 Å². The van der Waals surface area contributed by atoms with E-state index in [9.17, 15) is 15.0 Å². The Morgan fingerprint density at radius 1 is 0.690 bits per heavy atom. The Labute approximate surface area is 165 Å². The van der Waals surface area contributed by atoms with Crippen LogP contribution in [0.2, 0.25) is 0 Å². The fourth-order valence-corrected chi connectivity index (χ4v) is 4.39. The Bertz CT molecular complexity index is 1360. The van der Waals surface area contributed by atoms with Gasteiger partial charge in [0.25, 0.3) is 0 Å². The van der Waals surface area contributed by atoms with Gasteiger partial charge in [0.1, 0.15) is 23.0 Å². The second-order valence-electron chi connectivity index (χ2n) is 7.28. The quantitative estimate of drug-likeness (QED) is 0.427. The molecule has 4 aromatic carbocycles. The number of benzene rings is 4. The number of phenolic OH excluding ortho intramolecular Hbond substituents is 2. The van der Waals surface area contributed by atoms with Crippen LogP contribution in [0.15, 0.2) is 72.8 Å². The number of hydrogen-bond donors (Lipinski definition) is 2. The molecule has 0 saturated heterocycles. The molecule has 5 heteroatoms. The van der Waals surface area contributed by atoms with E-state index >= 15 is 0 Å². The van der Waals surface area contributed by atoms with Gasteiger partial charge in [-0.15, -0.1) is 0 Å². The second-order valence-corrected chi connectivity index (χ2v) is 7.28. The van der Waals surface area contributed by atoms with Gasteiger partial charge in [0.05, 0.1) is 5.56 Å². The van der Waals surface area contributed by atoms with E-state index in [1.807, 2.05) is 24.3 Å². The second kappa shape index (κ2) is 5.29. The van der Waals surface area contributed by atoms with Crippen molar-refractivity contribution >= 4 is 16.7 Å². The minimum absolute atomic E-state index is 0.0608. The first-order chi connectivity index (χ1) is 14.1. The Balaban J connectivity index is 1.76. The maximum Gasteiger partial charge on any atom is 0.340 e. The van der Waals surface area contributed by atoms with Crippen molar-refractivity contribution < 1.29 is 24.5 Å². The monoisotopic (exact) mass is 382 g/mol. The zero-order valence-corrected chi connectivity index (χ0v) is 15.0. The molecule has 2 aliphatic rings. The van der Waals surface area contributed by atoms with Gasteiger partial charge < -0.3 is 19.7 Å². The summed E-state index contributed by atoms with van der Waals surface area (Å²) in [7, 11) is 0. The lowest BCUT2D eigenvalue weighted by atomic mass is 9.77. The molecule has 6 rings (SSSR count). The first-order valence-electron chi connectivity index (χ1n) is 9.18. The average molecular weight is 382 g/mol. The predicted octanol–water partition coefficient (Wildman–Crippen LogP) is 4.82. The van der Waals surface area contributed by atoms with Crippen molar-refractivity contribution in [1.82, 2.24) is 0 Å². The van der Waals surface area contributed by atoms with Gasteiger partial charge in [-0.1, -0.05) is 24.3 Å². The molecule has 29 heavy (non-hydrogen) atoms. The summed E-state index contributed by atoms with van der Waals surface area (Å²) in [5, 5.41) is 21.6. The minimum Gasteiger partial charge on any atom is -0.508 e. The number of aromatic hydroxyl groups is 2. The number of esters is 1. The largest absolute Gasteiger partial charge is 0.508 e. The highest BCUT2D eigenvalue weighted by molar-refractivity contribution is 5.98. The molecule has 1 spiro atoms. The van der Waals surface area contributed by atoms with Crippen LogP contribution >= 0.6 is 0 Å². The van der Waals surface area contributed by atoms with Crippen LogP contribution in [0.4, 0.5) is 0 Å². The summed E-state index contributed by atoms with van der Waals surface area (Å²) in [5.74, 6) is 0.762. The first kappa shape index (κ1) is 16.0. The number of phenols is 2. The Morgan fingerprint density at radius 3 is 2.34 bits per heavy atom. The zero-order valence-electron chi connectivity index (χ0n) is 15.0. The smallest absolute Gasteiger partial charge is 0.340 e. The standard InChI is InChI=1S/C24H14O5/c25-15-6-5-13-11-21-20(10-14(13)9-15)24(19-8-7-16(26)12-22(19)28-21)18-4-2-1-3-17(18)23(27)29-24/h1-12,25-26H. The summed E-state index contributed by atoms with van der Waals surface area (Å²) in [6.45, 7) is 0. The first-order valence-corrected chi connectivity index (χ1v) is 9.18. The molecule has 5 nitrogen and oxygen atoms in total. The molecule has 0 aliphatic carbocycles. The molecular formula is C24H14O5. The number of ether oxygens (including phenoxy) is 2. The molecule has 2 N–H and O–H groups in total. The number of rotatable bonds is 0. The van der Waals surface area contributed by atoms with Crippen molar-refractivity contribution in [3.8, 4) is 23.0 Å². The van der Waals surface area contributed by atoms with E-state index in [4.69, 9.17) is 9.47 Å². The van der Waals surface area contributed by atoms with Crippen LogP contribution in [-0.2, 0) is 10.3 Å². The summed E-state index contributed by atoms with van der Waals surface area (Å²) in [5.41, 5.74) is 1.34. The van der Waals surface area contributed by atoms with E-state index in [2.05, 4.69) is 0 Å². The predicted molar refractivity (Wildman–Crippen MR) is 106 cm³/mol. The zero-order chi connectivity index (χ0) is 19.8. The van der Waals surface area contributed by atoms with Crippen molar-refractivity contribution in [3.05, 3.63) is 95.1 Å². The fourth-order valence-electron chi connectivity index (χ4n) is 4.39. The maximum atomic E-state index is 12.8. The third-order valence-electron chi connectivity index (χ3n) is 5.64. The van der Waals surface area contributed by atoms with Crippen LogP contribution in [0.1, 0.15) is 27.0 Å². The minimum atomic E-state index is -1.19. The lowest BCUT2D eigenvalue weighted by Crippen LogP contribution is -2.33. The van der Waals surface area contributed by atoms with Gasteiger partial charge >= 0.3 is 5.97 Å². The molecule has 1 unspecified atom stereocenters. The van der Waals surface area contributed by atoms with Crippen LogP contribution in [0.5, 0.6) is 23.0 Å². The van der Waals surface area contributed by atoms with Gasteiger partial charge in [-0.2, -0.15) is 0 Å². The Hall–Kier alpha value is -3.99. The molecule has 0 saturated carbocycles. The van der Waals surface area contributed by atoms with Crippen molar-refractivity contribution in [3.63, 3.8) is 0 Å². The molecule has 1 atom stereocenters. The van der Waals surface area contributed by atoms with E-state index in [-0.39, 0.29) is 11.5 Å². The topological polar surface area (TPSA) is 76.0 Å². The molecule has 2 heterocycles. The summed E-state index contributed by atoms with van der Waals surface area (Å²) in [4.78, 5) is 12.8. The molecule has 0 radical (unpaired) electrons. The number of carbonyl (C=O) groups excluding carboxylic acids is 1. The number of carbonyl (C=O) groups is 1. The maximum absolute atomic E-state index is 12.8. The Kier molecular flexibility index (Phi) is 2.92. The molecule has 2 aliphatic heterocycles. The van der Waals surface area contributed by atoms with E-state index < -0.39 is 11.6 Å². The van der Waals surface area contributed by atoms with Crippen LogP contribution in [0.3, 0.4) is 0 Å². The van der Waals surface area contributed by atoms with Crippen molar-refractivity contribution in [2.24, 2.45) is 0 Å². The van der Waals surface area contributed by atoms with Gasteiger partial charge in [-0.25, -0.2) is 4.79 Å². The van der Waals surface area contributed by atoms with E-state index in [0.717, 1.165) is 16.3 Å². The molecular weight excluding hydrogens is 368 g/mol. The third kappa shape index (κ3) is 2.01. The molecule has 0 bridgehead atoms. The molecule has 0 fully saturated rings.